The molecule has 0 rings (SSSR count). The van der Waals surface area contributed by atoms with Crippen LogP contribution in [0.25, 0.3) is 0 Å². The molecule has 1 N–H and O–H groups in total. The summed E-state index contributed by atoms with van der Waals surface area (Å²) in [5.41, 5.74) is 2.48. The number of hydrogen-bond acceptors (Lipinski definition) is 2. The van der Waals surface area contributed by atoms with Gasteiger partial charge in [-0.2, -0.15) is 0 Å². The molecular formula is C8H14ClF2NO. The Kier molecular flexibility index (Phi) is 8.29. The minimum atomic E-state index is -2.38. The first kappa shape index (κ1) is 12.8. The van der Waals surface area contributed by atoms with Crippen LogP contribution in [0.2, 0.25) is 0 Å². The van der Waals surface area contributed by atoms with Gasteiger partial charge in [0.25, 0.3) is 6.43 Å². The number of hydrogen-bond donors (Lipinski definition) is 1. The maximum absolute atomic E-state index is 11.6. The monoisotopic (exact) mass is 213 g/mol. The summed E-state index contributed by atoms with van der Waals surface area (Å²) in [6, 6.07) is 0. The van der Waals surface area contributed by atoms with E-state index < -0.39 is 13.0 Å². The van der Waals surface area contributed by atoms with Crippen LogP contribution >= 0.6 is 11.6 Å². The third-order valence-electron chi connectivity index (χ3n) is 1.26. The summed E-state index contributed by atoms with van der Waals surface area (Å²) >= 11 is 5.40. The molecule has 2 nitrogen and oxygen atoms in total. The lowest BCUT2D eigenvalue weighted by Crippen LogP contribution is -2.22. The van der Waals surface area contributed by atoms with Crippen molar-refractivity contribution in [3.05, 3.63) is 11.1 Å². The van der Waals surface area contributed by atoms with Crippen LogP contribution in [0.3, 0.4) is 0 Å². The maximum Gasteiger partial charge on any atom is 0.261 e. The van der Waals surface area contributed by atoms with Gasteiger partial charge in [-0.25, -0.2) is 8.78 Å². The standard InChI is InChI=1S/C8H14ClF2NO/c1-7(4-9)5-12-2-3-13-6-8(10)11/h4,8,12H,2-3,5-6H2,1H3. The van der Waals surface area contributed by atoms with Crippen LogP contribution in [0.15, 0.2) is 11.1 Å². The van der Waals surface area contributed by atoms with Crippen LogP contribution in [0.1, 0.15) is 6.92 Å². The molecule has 78 valence electrons. The third-order valence-corrected chi connectivity index (χ3v) is 1.63. The highest BCUT2D eigenvalue weighted by atomic mass is 35.5. The highest BCUT2D eigenvalue weighted by Gasteiger charge is 2.00. The smallest absolute Gasteiger partial charge is 0.261 e. The lowest BCUT2D eigenvalue weighted by atomic mass is 10.3. The molecule has 0 radical (unpaired) electrons. The average molecular weight is 214 g/mol. The Bertz CT molecular complexity index is 153. The molecule has 0 bridgehead atoms. The minimum Gasteiger partial charge on any atom is -0.374 e. The molecule has 0 aromatic heterocycles. The van der Waals surface area contributed by atoms with E-state index in [1.54, 1.807) is 0 Å². The van der Waals surface area contributed by atoms with Crippen molar-refractivity contribution in [1.29, 1.82) is 0 Å². The van der Waals surface area contributed by atoms with E-state index in [-0.39, 0.29) is 0 Å². The summed E-state index contributed by atoms with van der Waals surface area (Å²) in [6.45, 7) is 2.88. The lowest BCUT2D eigenvalue weighted by Gasteiger charge is -2.05. The molecule has 0 saturated carbocycles. The van der Waals surface area contributed by atoms with Gasteiger partial charge in [0.15, 0.2) is 0 Å². The summed E-state index contributed by atoms with van der Waals surface area (Å²) < 4.78 is 27.8. The SMILES string of the molecule is CC(=CCl)CNCCOCC(F)F. The molecule has 0 aliphatic heterocycles. The van der Waals surface area contributed by atoms with E-state index in [0.717, 1.165) is 5.57 Å². The fourth-order valence-electron chi connectivity index (χ4n) is 0.641. The van der Waals surface area contributed by atoms with Gasteiger partial charge < -0.3 is 10.1 Å². The summed E-state index contributed by atoms with van der Waals surface area (Å²) in [7, 11) is 0. The van der Waals surface area contributed by atoms with Crippen molar-refractivity contribution in [2.45, 2.75) is 13.3 Å². The van der Waals surface area contributed by atoms with E-state index >= 15 is 0 Å². The lowest BCUT2D eigenvalue weighted by molar-refractivity contribution is 0.0189. The van der Waals surface area contributed by atoms with Crippen molar-refractivity contribution in [3.8, 4) is 0 Å². The van der Waals surface area contributed by atoms with Gasteiger partial charge in [0.1, 0.15) is 6.61 Å². The molecule has 0 aromatic carbocycles. The highest BCUT2D eigenvalue weighted by molar-refractivity contribution is 6.25. The Morgan fingerprint density at radius 1 is 1.62 bits per heavy atom. The van der Waals surface area contributed by atoms with Crippen molar-refractivity contribution in [1.82, 2.24) is 5.32 Å². The zero-order chi connectivity index (χ0) is 10.1. The van der Waals surface area contributed by atoms with Gasteiger partial charge in [-0.15, -0.1) is 0 Å². The number of halogens is 3. The number of alkyl halides is 2. The molecule has 0 fully saturated rings. The third kappa shape index (κ3) is 9.73. The van der Waals surface area contributed by atoms with E-state index in [4.69, 9.17) is 11.6 Å². The molecule has 13 heavy (non-hydrogen) atoms. The zero-order valence-corrected chi connectivity index (χ0v) is 8.28. The van der Waals surface area contributed by atoms with Crippen LogP contribution < -0.4 is 5.32 Å². The molecule has 0 heterocycles. The van der Waals surface area contributed by atoms with Gasteiger partial charge >= 0.3 is 0 Å². The molecule has 0 amide bonds. The van der Waals surface area contributed by atoms with E-state index in [1.165, 1.54) is 5.54 Å². The Hall–Kier alpha value is -0.190. The van der Waals surface area contributed by atoms with Crippen LogP contribution in [-0.4, -0.2) is 32.7 Å². The number of rotatable bonds is 7. The molecular weight excluding hydrogens is 200 g/mol. The van der Waals surface area contributed by atoms with Gasteiger partial charge in [0, 0.05) is 18.6 Å². The highest BCUT2D eigenvalue weighted by Crippen LogP contribution is 1.93. The molecule has 0 unspecified atom stereocenters. The second-order valence-electron chi connectivity index (χ2n) is 2.60. The van der Waals surface area contributed by atoms with Crippen molar-refractivity contribution >= 4 is 11.6 Å². The predicted octanol–water partition coefficient (Wildman–Crippen LogP) is 2.00. The Morgan fingerprint density at radius 3 is 2.85 bits per heavy atom. The van der Waals surface area contributed by atoms with Crippen molar-refractivity contribution < 1.29 is 13.5 Å². The summed E-state index contributed by atoms with van der Waals surface area (Å²) in [4.78, 5) is 0. The van der Waals surface area contributed by atoms with Crippen LogP contribution in [-0.2, 0) is 4.74 Å². The van der Waals surface area contributed by atoms with Gasteiger partial charge in [-0.1, -0.05) is 11.6 Å². The zero-order valence-electron chi connectivity index (χ0n) is 7.53. The van der Waals surface area contributed by atoms with Crippen molar-refractivity contribution in [2.24, 2.45) is 0 Å². The molecule has 0 spiro atoms. The van der Waals surface area contributed by atoms with E-state index in [9.17, 15) is 8.78 Å². The maximum atomic E-state index is 11.6. The van der Waals surface area contributed by atoms with E-state index in [0.29, 0.717) is 19.7 Å². The van der Waals surface area contributed by atoms with Crippen molar-refractivity contribution in [2.75, 3.05) is 26.3 Å². The normalized spacial score (nSPS) is 12.5. The second kappa shape index (κ2) is 8.41. The second-order valence-corrected chi connectivity index (χ2v) is 2.82. The van der Waals surface area contributed by atoms with Gasteiger partial charge in [0.05, 0.1) is 6.61 Å². The Morgan fingerprint density at radius 2 is 2.31 bits per heavy atom. The fourth-order valence-corrected chi connectivity index (χ4v) is 0.718. The molecule has 0 aliphatic rings. The topological polar surface area (TPSA) is 21.3 Å². The first-order valence-electron chi connectivity index (χ1n) is 3.99. The fraction of sp³-hybridized carbons (Fsp3) is 0.750. The van der Waals surface area contributed by atoms with Gasteiger partial charge in [-0.3, -0.25) is 0 Å². The number of ether oxygens (including phenoxy) is 1. The first-order valence-corrected chi connectivity index (χ1v) is 4.43. The number of nitrogens with one attached hydrogen (secondary N) is 1. The van der Waals surface area contributed by atoms with Crippen LogP contribution in [0.5, 0.6) is 0 Å². The van der Waals surface area contributed by atoms with E-state index in [1.807, 2.05) is 6.92 Å². The molecule has 0 aromatic rings. The summed E-state index contributed by atoms with van der Waals surface area (Å²) in [5, 5.41) is 2.99. The summed E-state index contributed by atoms with van der Waals surface area (Å²) in [6.07, 6.45) is -2.38. The molecule has 0 saturated heterocycles. The summed E-state index contributed by atoms with van der Waals surface area (Å²) in [5.74, 6) is 0. The molecule has 0 aliphatic carbocycles. The van der Waals surface area contributed by atoms with E-state index in [2.05, 4.69) is 10.1 Å². The van der Waals surface area contributed by atoms with Crippen LogP contribution in [0, 0.1) is 0 Å². The quantitative estimate of drug-likeness (QED) is 0.654. The minimum absolute atomic E-state index is 0.292. The molecule has 0 atom stereocenters. The van der Waals surface area contributed by atoms with Crippen molar-refractivity contribution in [3.63, 3.8) is 0 Å². The molecule has 5 heteroatoms. The van der Waals surface area contributed by atoms with Crippen LogP contribution in [0.4, 0.5) is 8.78 Å². The average Bonchev–Trinajstić information content (AvgIpc) is 2.10. The Balaban J connectivity index is 3.09. The first-order chi connectivity index (χ1) is 6.16. The predicted molar refractivity (Wildman–Crippen MR) is 49.3 cm³/mol. The van der Waals surface area contributed by atoms with Gasteiger partial charge in [-0.05, 0) is 12.5 Å². The van der Waals surface area contributed by atoms with Gasteiger partial charge in [0.2, 0.25) is 0 Å². The largest absolute Gasteiger partial charge is 0.374 e. The Labute approximate surface area is 81.9 Å².